The summed E-state index contributed by atoms with van der Waals surface area (Å²) < 4.78 is 5.08. The van der Waals surface area contributed by atoms with Gasteiger partial charge in [0.15, 0.2) is 0 Å². The number of ether oxygens (including phenoxy) is 1. The van der Waals surface area contributed by atoms with Crippen LogP contribution in [0, 0.1) is 5.92 Å². The third kappa shape index (κ3) is 3.28. The van der Waals surface area contributed by atoms with Crippen molar-refractivity contribution < 1.29 is 14.6 Å². The minimum Gasteiger partial charge on any atom is -0.496 e. The first-order chi connectivity index (χ1) is 9.08. The molecule has 1 saturated carbocycles. The van der Waals surface area contributed by atoms with Crippen LogP contribution in [0.15, 0.2) is 11.4 Å². The Balaban J connectivity index is 2.07. The highest BCUT2D eigenvalue weighted by Crippen LogP contribution is 2.32. The lowest BCUT2D eigenvalue weighted by Gasteiger charge is -2.39. The fourth-order valence-corrected chi connectivity index (χ4v) is 3.55. The van der Waals surface area contributed by atoms with Crippen molar-refractivity contribution in [1.29, 1.82) is 0 Å². The van der Waals surface area contributed by atoms with Gasteiger partial charge in [-0.2, -0.15) is 0 Å². The predicted octanol–water partition coefficient (Wildman–Crippen LogP) is 2.43. The molecule has 2 rings (SSSR count). The van der Waals surface area contributed by atoms with Crippen LogP contribution in [0.1, 0.15) is 42.3 Å². The quantitative estimate of drug-likeness (QED) is 0.892. The molecule has 2 atom stereocenters. The molecule has 1 aromatic heterocycles. The Morgan fingerprint density at radius 1 is 1.68 bits per heavy atom. The van der Waals surface area contributed by atoms with Gasteiger partial charge in [0.1, 0.15) is 5.75 Å². The van der Waals surface area contributed by atoms with Crippen molar-refractivity contribution in [1.82, 2.24) is 5.32 Å². The van der Waals surface area contributed by atoms with Gasteiger partial charge < -0.3 is 15.2 Å². The molecule has 2 N–H and O–H groups in total. The topological polar surface area (TPSA) is 58.6 Å². The van der Waals surface area contributed by atoms with Crippen LogP contribution in [0.25, 0.3) is 0 Å². The maximum Gasteiger partial charge on any atom is 0.261 e. The van der Waals surface area contributed by atoms with Gasteiger partial charge in [0.25, 0.3) is 5.91 Å². The Morgan fingerprint density at radius 2 is 2.47 bits per heavy atom. The van der Waals surface area contributed by atoms with Crippen LogP contribution >= 0.6 is 11.3 Å². The summed E-state index contributed by atoms with van der Waals surface area (Å²) in [5, 5.41) is 14.5. The number of aliphatic hydroxyl groups excluding tert-OH is 1. The molecular formula is C14H21NO3S. The maximum absolute atomic E-state index is 12.2. The van der Waals surface area contributed by atoms with Crippen LogP contribution in [-0.4, -0.2) is 30.3 Å². The van der Waals surface area contributed by atoms with Gasteiger partial charge in [0, 0.05) is 11.4 Å². The molecule has 2 unspecified atom stereocenters. The van der Waals surface area contributed by atoms with E-state index in [9.17, 15) is 9.90 Å². The molecule has 0 spiro atoms. The number of thiophene rings is 1. The second kappa shape index (κ2) is 5.92. The molecule has 0 bridgehead atoms. The Bertz CT molecular complexity index is 446. The summed E-state index contributed by atoms with van der Waals surface area (Å²) in [6.07, 6.45) is 3.92. The summed E-state index contributed by atoms with van der Waals surface area (Å²) in [7, 11) is 1.59. The monoisotopic (exact) mass is 283 g/mol. The largest absolute Gasteiger partial charge is 0.496 e. The molecular weight excluding hydrogens is 262 g/mol. The first-order valence-electron chi connectivity index (χ1n) is 6.64. The number of aliphatic hydroxyl groups is 1. The van der Waals surface area contributed by atoms with E-state index in [2.05, 4.69) is 12.2 Å². The molecule has 0 saturated heterocycles. The van der Waals surface area contributed by atoms with Gasteiger partial charge in [-0.15, -0.1) is 11.3 Å². The van der Waals surface area contributed by atoms with Crippen LogP contribution in [-0.2, 0) is 0 Å². The molecule has 1 heterocycles. The average molecular weight is 283 g/mol. The molecule has 0 aliphatic heterocycles. The summed E-state index contributed by atoms with van der Waals surface area (Å²) >= 11 is 1.36. The normalized spacial score (nSPS) is 27.0. The van der Waals surface area contributed by atoms with E-state index >= 15 is 0 Å². The molecule has 1 fully saturated rings. The smallest absolute Gasteiger partial charge is 0.261 e. The van der Waals surface area contributed by atoms with Crippen molar-refractivity contribution in [3.05, 3.63) is 16.3 Å². The second-order valence-electron chi connectivity index (χ2n) is 5.44. The van der Waals surface area contributed by atoms with Crippen molar-refractivity contribution in [2.75, 3.05) is 13.7 Å². The molecule has 0 aromatic carbocycles. The number of rotatable bonds is 4. The summed E-state index contributed by atoms with van der Waals surface area (Å²) in [6.45, 7) is 2.18. The van der Waals surface area contributed by atoms with Crippen molar-refractivity contribution in [2.45, 2.75) is 38.1 Å². The first kappa shape index (κ1) is 14.3. The number of nitrogens with one attached hydrogen (secondary N) is 1. The van der Waals surface area contributed by atoms with E-state index < -0.39 is 5.54 Å². The van der Waals surface area contributed by atoms with Gasteiger partial charge in [-0.3, -0.25) is 4.79 Å². The second-order valence-corrected chi connectivity index (χ2v) is 6.36. The Labute approximate surface area is 117 Å². The molecule has 5 heteroatoms. The fraction of sp³-hybridized carbons (Fsp3) is 0.643. The SMILES string of the molecule is COc1csc(C(=O)NC2(CO)CCCC(C)C2)c1. The standard InChI is InChI=1S/C14H21NO3S/c1-10-4-3-5-14(7-10,9-16)15-13(17)12-6-11(18-2)8-19-12/h6,8,10,16H,3-5,7,9H2,1-2H3,(H,15,17). The Morgan fingerprint density at radius 3 is 3.05 bits per heavy atom. The van der Waals surface area contributed by atoms with E-state index in [1.807, 2.05) is 5.38 Å². The van der Waals surface area contributed by atoms with Gasteiger partial charge in [0.2, 0.25) is 0 Å². The van der Waals surface area contributed by atoms with Crippen molar-refractivity contribution in [3.8, 4) is 5.75 Å². The highest BCUT2D eigenvalue weighted by Gasteiger charge is 2.36. The lowest BCUT2D eigenvalue weighted by molar-refractivity contribution is 0.0700. The van der Waals surface area contributed by atoms with Gasteiger partial charge in [-0.25, -0.2) is 0 Å². The van der Waals surface area contributed by atoms with E-state index in [0.29, 0.717) is 16.5 Å². The van der Waals surface area contributed by atoms with Crippen LogP contribution in [0.2, 0.25) is 0 Å². The minimum atomic E-state index is -0.452. The Kier molecular flexibility index (Phi) is 4.47. The van der Waals surface area contributed by atoms with Crippen molar-refractivity contribution in [3.63, 3.8) is 0 Å². The predicted molar refractivity (Wildman–Crippen MR) is 75.8 cm³/mol. The Hall–Kier alpha value is -1.07. The van der Waals surface area contributed by atoms with Crippen molar-refractivity contribution in [2.24, 2.45) is 5.92 Å². The molecule has 1 aliphatic rings. The lowest BCUT2D eigenvalue weighted by Crippen LogP contribution is -2.53. The number of methoxy groups -OCH3 is 1. The zero-order valence-corrected chi connectivity index (χ0v) is 12.3. The van der Waals surface area contributed by atoms with E-state index in [-0.39, 0.29) is 12.5 Å². The van der Waals surface area contributed by atoms with Gasteiger partial charge in [0.05, 0.1) is 24.1 Å². The summed E-state index contributed by atoms with van der Waals surface area (Å²) in [5.41, 5.74) is -0.452. The third-order valence-corrected chi connectivity index (χ3v) is 4.72. The summed E-state index contributed by atoms with van der Waals surface area (Å²) in [6, 6.07) is 1.73. The zero-order valence-electron chi connectivity index (χ0n) is 11.4. The van der Waals surface area contributed by atoms with Crippen molar-refractivity contribution >= 4 is 17.2 Å². The van der Waals surface area contributed by atoms with Crippen LogP contribution < -0.4 is 10.1 Å². The fourth-order valence-electron chi connectivity index (χ4n) is 2.80. The maximum atomic E-state index is 12.2. The van der Waals surface area contributed by atoms with E-state index in [0.717, 1.165) is 19.3 Å². The van der Waals surface area contributed by atoms with Crippen LogP contribution in [0.3, 0.4) is 0 Å². The number of hydrogen-bond acceptors (Lipinski definition) is 4. The first-order valence-corrected chi connectivity index (χ1v) is 7.52. The third-order valence-electron chi connectivity index (χ3n) is 3.81. The number of hydrogen-bond donors (Lipinski definition) is 2. The number of carbonyl (C=O) groups excluding carboxylic acids is 1. The van der Waals surface area contributed by atoms with Gasteiger partial charge >= 0.3 is 0 Å². The molecule has 1 aliphatic carbocycles. The average Bonchev–Trinajstić information content (AvgIpc) is 2.87. The van der Waals surface area contributed by atoms with Crippen LogP contribution in [0.4, 0.5) is 0 Å². The number of carbonyl (C=O) groups is 1. The summed E-state index contributed by atoms with van der Waals surface area (Å²) in [4.78, 5) is 12.9. The highest BCUT2D eigenvalue weighted by atomic mass is 32.1. The van der Waals surface area contributed by atoms with E-state index in [4.69, 9.17) is 4.74 Å². The van der Waals surface area contributed by atoms with Crippen LogP contribution in [0.5, 0.6) is 5.75 Å². The zero-order chi connectivity index (χ0) is 13.9. The van der Waals surface area contributed by atoms with Gasteiger partial charge in [-0.05, 0) is 18.8 Å². The van der Waals surface area contributed by atoms with E-state index in [1.54, 1.807) is 13.2 Å². The van der Waals surface area contributed by atoms with Gasteiger partial charge in [-0.1, -0.05) is 19.8 Å². The summed E-state index contributed by atoms with van der Waals surface area (Å²) in [5.74, 6) is 1.13. The molecule has 0 radical (unpaired) electrons. The molecule has 106 valence electrons. The van der Waals surface area contributed by atoms with E-state index in [1.165, 1.54) is 17.8 Å². The molecule has 19 heavy (non-hydrogen) atoms. The number of amides is 1. The lowest BCUT2D eigenvalue weighted by atomic mass is 9.77. The molecule has 4 nitrogen and oxygen atoms in total. The molecule has 1 amide bonds. The minimum absolute atomic E-state index is 0.00555. The molecule has 1 aromatic rings. The highest BCUT2D eigenvalue weighted by molar-refractivity contribution is 7.12.